The van der Waals surface area contributed by atoms with Crippen LogP contribution in [0.4, 0.5) is 0 Å². The molecule has 2 heterocycles. The van der Waals surface area contributed by atoms with Crippen molar-refractivity contribution >= 4 is 8.32 Å². The predicted molar refractivity (Wildman–Crippen MR) is 172 cm³/mol. The number of hydrogen-bond acceptors (Lipinski definition) is 5. The third-order valence-electron chi connectivity index (χ3n) is 9.60. The molecule has 0 saturated carbocycles. The van der Waals surface area contributed by atoms with E-state index in [4.69, 9.17) is 18.6 Å². The van der Waals surface area contributed by atoms with Gasteiger partial charge in [-0.05, 0) is 79.5 Å². The molecule has 0 aliphatic carbocycles. The number of aliphatic hydroxyl groups excluding tert-OH is 1. The van der Waals surface area contributed by atoms with Gasteiger partial charge < -0.3 is 23.7 Å². The van der Waals surface area contributed by atoms with Crippen LogP contribution in [0.15, 0.2) is 42.5 Å². The zero-order valence-corrected chi connectivity index (χ0v) is 28.1. The van der Waals surface area contributed by atoms with Crippen LogP contribution in [0.1, 0.15) is 105 Å². The van der Waals surface area contributed by atoms with Crippen LogP contribution >= 0.6 is 0 Å². The zero-order chi connectivity index (χ0) is 30.0. The van der Waals surface area contributed by atoms with Crippen molar-refractivity contribution in [1.82, 2.24) is 0 Å². The van der Waals surface area contributed by atoms with Gasteiger partial charge in [0.05, 0.1) is 37.1 Å². The summed E-state index contributed by atoms with van der Waals surface area (Å²) in [5, 5.41) is 11.1. The van der Waals surface area contributed by atoms with E-state index in [2.05, 4.69) is 67.2 Å². The van der Waals surface area contributed by atoms with Gasteiger partial charge in [0.25, 0.3) is 0 Å². The minimum Gasteiger partial charge on any atom is -0.416 e. The Bertz CT molecular complexity index is 866. The molecule has 0 bridgehead atoms. The second-order valence-electron chi connectivity index (χ2n) is 13.8. The Morgan fingerprint density at radius 3 is 2.15 bits per heavy atom. The third-order valence-corrected chi connectivity index (χ3v) is 15.7. The Morgan fingerprint density at radius 2 is 1.49 bits per heavy atom. The molecule has 0 amide bonds. The molecule has 0 aromatic heterocycles. The van der Waals surface area contributed by atoms with Crippen molar-refractivity contribution < 1.29 is 23.7 Å². The third kappa shape index (κ3) is 10.3. The van der Waals surface area contributed by atoms with E-state index in [0.717, 1.165) is 45.1 Å². The molecule has 5 nitrogen and oxygen atoms in total. The summed E-state index contributed by atoms with van der Waals surface area (Å²) in [5.74, 6) is 0.450. The van der Waals surface area contributed by atoms with Gasteiger partial charge in [0.1, 0.15) is 0 Å². The molecule has 1 aromatic carbocycles. The number of aliphatic hydroxyl groups is 1. The van der Waals surface area contributed by atoms with Crippen molar-refractivity contribution in [2.75, 3.05) is 13.2 Å². The van der Waals surface area contributed by atoms with Gasteiger partial charge in [-0.2, -0.15) is 0 Å². The normalized spacial score (nSPS) is 26.7. The molecule has 234 valence electrons. The van der Waals surface area contributed by atoms with Crippen molar-refractivity contribution in [3.05, 3.63) is 48.0 Å². The summed E-state index contributed by atoms with van der Waals surface area (Å²) in [6.07, 6.45) is 6.99. The fourth-order valence-corrected chi connectivity index (χ4v) is 13.0. The molecule has 0 radical (unpaired) electrons. The summed E-state index contributed by atoms with van der Waals surface area (Å²) < 4.78 is 25.7. The Labute approximate surface area is 252 Å². The van der Waals surface area contributed by atoms with Crippen molar-refractivity contribution in [2.45, 2.75) is 154 Å². The fourth-order valence-electron chi connectivity index (χ4n) is 7.50. The van der Waals surface area contributed by atoms with Crippen LogP contribution in [0.25, 0.3) is 0 Å². The molecule has 0 spiro atoms. The Morgan fingerprint density at radius 1 is 0.854 bits per heavy atom. The van der Waals surface area contributed by atoms with Crippen LogP contribution in [-0.2, 0) is 25.2 Å². The molecule has 0 unspecified atom stereocenters. The lowest BCUT2D eigenvalue weighted by atomic mass is 9.87. The molecule has 2 fully saturated rings. The average Bonchev–Trinajstić information content (AvgIpc) is 2.90. The lowest BCUT2D eigenvalue weighted by Gasteiger charge is -2.42. The Kier molecular flexibility index (Phi) is 14.1. The second-order valence-corrected chi connectivity index (χ2v) is 19.3. The van der Waals surface area contributed by atoms with Crippen molar-refractivity contribution in [1.29, 1.82) is 0 Å². The van der Waals surface area contributed by atoms with Crippen molar-refractivity contribution in [3.63, 3.8) is 0 Å². The standard InChI is InChI=1S/C35H60O5Si/c1-25(2)41(26(3)4,27(5)6)38-19-17-33-20-28(7)21-34(39-33)22-31(36)23-35-29(8)14-15-32(40-35)16-18-37-24-30-12-10-9-11-13-30/h9-13,25-27,29,31-36H,7,14-24H2,1-6,8H3/t29-,31-,32-,33-,34-,35+/m0/s1. The van der Waals surface area contributed by atoms with Crippen LogP contribution in [0.3, 0.4) is 0 Å². The van der Waals surface area contributed by atoms with Gasteiger partial charge in [0.15, 0.2) is 8.32 Å². The minimum atomic E-state index is -1.88. The van der Waals surface area contributed by atoms with Crippen molar-refractivity contribution in [3.8, 4) is 0 Å². The molecule has 1 N–H and O–H groups in total. The molecule has 6 heteroatoms. The van der Waals surface area contributed by atoms with E-state index in [1.165, 1.54) is 11.1 Å². The number of ether oxygens (including phenoxy) is 3. The Hall–Kier alpha value is -1.02. The maximum Gasteiger partial charge on any atom is 0.200 e. The lowest BCUT2D eigenvalue weighted by Crippen LogP contribution is -2.48. The first-order chi connectivity index (χ1) is 19.5. The smallest absolute Gasteiger partial charge is 0.200 e. The van der Waals surface area contributed by atoms with Crippen LogP contribution in [0, 0.1) is 5.92 Å². The highest BCUT2D eigenvalue weighted by molar-refractivity contribution is 6.77. The first kappa shape index (κ1) is 34.5. The highest BCUT2D eigenvalue weighted by atomic mass is 28.4. The highest BCUT2D eigenvalue weighted by Crippen LogP contribution is 2.42. The lowest BCUT2D eigenvalue weighted by molar-refractivity contribution is -0.112. The van der Waals surface area contributed by atoms with Crippen LogP contribution in [-0.4, -0.2) is 57.2 Å². The minimum absolute atomic E-state index is 0.0135. The monoisotopic (exact) mass is 588 g/mol. The zero-order valence-electron chi connectivity index (χ0n) is 27.1. The van der Waals surface area contributed by atoms with E-state index in [0.29, 0.717) is 48.6 Å². The van der Waals surface area contributed by atoms with E-state index in [-0.39, 0.29) is 24.4 Å². The average molecular weight is 589 g/mol. The maximum atomic E-state index is 11.1. The van der Waals surface area contributed by atoms with E-state index in [9.17, 15) is 5.11 Å². The predicted octanol–water partition coefficient (Wildman–Crippen LogP) is 8.60. The number of rotatable bonds is 16. The summed E-state index contributed by atoms with van der Waals surface area (Å²) >= 11 is 0. The molecule has 1 aromatic rings. The SMILES string of the molecule is C=C1C[C@H](CCO[Si](C(C)C)(C(C)C)C(C)C)O[C@H](C[C@H](O)C[C@H]2O[C@H](CCOCc3ccccc3)CC[C@@H]2C)C1. The summed E-state index contributed by atoms with van der Waals surface area (Å²) in [6.45, 7) is 22.7. The van der Waals surface area contributed by atoms with Gasteiger partial charge in [-0.15, -0.1) is 0 Å². The van der Waals surface area contributed by atoms with E-state index in [1.807, 2.05) is 18.2 Å². The number of hydrogen-bond donors (Lipinski definition) is 1. The highest BCUT2D eigenvalue weighted by Gasteiger charge is 2.45. The second kappa shape index (κ2) is 16.7. The quantitative estimate of drug-likeness (QED) is 0.119. The molecular weight excluding hydrogens is 528 g/mol. The van der Waals surface area contributed by atoms with Gasteiger partial charge in [0, 0.05) is 13.2 Å². The van der Waals surface area contributed by atoms with Gasteiger partial charge in [-0.1, -0.05) is 91.0 Å². The van der Waals surface area contributed by atoms with Crippen LogP contribution in [0.2, 0.25) is 16.6 Å². The summed E-state index contributed by atoms with van der Waals surface area (Å²) in [5.41, 5.74) is 4.18. The molecule has 6 atom stereocenters. The first-order valence-corrected chi connectivity index (χ1v) is 18.6. The molecule has 2 aliphatic heterocycles. The van der Waals surface area contributed by atoms with Gasteiger partial charge in [-0.25, -0.2) is 0 Å². The van der Waals surface area contributed by atoms with Gasteiger partial charge >= 0.3 is 0 Å². The molecule has 2 aliphatic rings. The fraction of sp³-hybridized carbons (Fsp3) is 0.771. The number of benzene rings is 1. The molecule has 2 saturated heterocycles. The molecule has 3 rings (SSSR count). The maximum absolute atomic E-state index is 11.1. The van der Waals surface area contributed by atoms with Crippen LogP contribution < -0.4 is 0 Å². The summed E-state index contributed by atoms with van der Waals surface area (Å²) in [6, 6.07) is 10.3. The summed E-state index contributed by atoms with van der Waals surface area (Å²) in [4.78, 5) is 0. The topological polar surface area (TPSA) is 57.2 Å². The largest absolute Gasteiger partial charge is 0.416 e. The van der Waals surface area contributed by atoms with E-state index < -0.39 is 14.4 Å². The van der Waals surface area contributed by atoms with Gasteiger partial charge in [-0.3, -0.25) is 0 Å². The van der Waals surface area contributed by atoms with E-state index >= 15 is 0 Å². The molecular formula is C35H60O5Si. The Balaban J connectivity index is 1.42. The van der Waals surface area contributed by atoms with Crippen LogP contribution in [0.5, 0.6) is 0 Å². The van der Waals surface area contributed by atoms with Gasteiger partial charge in [0.2, 0.25) is 0 Å². The van der Waals surface area contributed by atoms with Crippen molar-refractivity contribution in [2.24, 2.45) is 5.92 Å². The van der Waals surface area contributed by atoms with E-state index in [1.54, 1.807) is 0 Å². The molecule has 41 heavy (non-hydrogen) atoms. The first-order valence-electron chi connectivity index (χ1n) is 16.4. The summed E-state index contributed by atoms with van der Waals surface area (Å²) in [7, 11) is -1.88.